The van der Waals surface area contributed by atoms with E-state index in [1.807, 2.05) is 0 Å². The first-order valence-electron chi connectivity index (χ1n) is 6.51. The lowest BCUT2D eigenvalue weighted by Crippen LogP contribution is -2.17. The van der Waals surface area contributed by atoms with Crippen LogP contribution in [0.2, 0.25) is 0 Å². The molecule has 0 fully saturated rings. The highest BCUT2D eigenvalue weighted by atomic mass is 32.1. The van der Waals surface area contributed by atoms with Crippen molar-refractivity contribution in [3.05, 3.63) is 60.7 Å². The van der Waals surface area contributed by atoms with Crippen LogP contribution in [0.5, 0.6) is 0 Å². The summed E-state index contributed by atoms with van der Waals surface area (Å²) in [6, 6.07) is 5.80. The average molecular weight is 322 g/mol. The summed E-state index contributed by atoms with van der Waals surface area (Å²) in [5.41, 5.74) is 1.48. The van der Waals surface area contributed by atoms with Crippen molar-refractivity contribution in [3.8, 4) is 0 Å². The van der Waals surface area contributed by atoms with E-state index in [1.54, 1.807) is 24.4 Å². The molecular weight excluding hydrogens is 308 g/mol. The molecule has 2 rings (SSSR count). The summed E-state index contributed by atoms with van der Waals surface area (Å²) < 4.78 is 6.61. The van der Waals surface area contributed by atoms with Crippen molar-refractivity contribution < 1.29 is 14.5 Å². The summed E-state index contributed by atoms with van der Waals surface area (Å²) in [5, 5.41) is 12.3. The van der Waals surface area contributed by atoms with Gasteiger partial charge in [-0.3, -0.25) is 19.7 Å². The number of thiazole rings is 1. The van der Waals surface area contributed by atoms with Crippen molar-refractivity contribution in [3.63, 3.8) is 0 Å². The Morgan fingerprint density at radius 3 is 2.59 bits per heavy atom. The highest BCUT2D eigenvalue weighted by Gasteiger charge is 2.09. The highest BCUT2D eigenvalue weighted by molar-refractivity contribution is 7.07. The molecule has 1 heterocycles. The first kappa shape index (κ1) is 15.9. The van der Waals surface area contributed by atoms with Crippen LogP contribution in [0, 0.1) is 17.0 Å². The van der Waals surface area contributed by atoms with E-state index in [2.05, 4.69) is 0 Å². The van der Waals surface area contributed by atoms with Gasteiger partial charge in [-0.05, 0) is 24.6 Å². The summed E-state index contributed by atoms with van der Waals surface area (Å²) in [6.45, 7) is 2.14. The van der Waals surface area contributed by atoms with Crippen molar-refractivity contribution in [1.82, 2.24) is 4.57 Å². The maximum Gasteiger partial charge on any atom is 0.307 e. The van der Waals surface area contributed by atoms with Crippen LogP contribution in [0.3, 0.4) is 0 Å². The Kier molecular flexibility index (Phi) is 5.05. The van der Waals surface area contributed by atoms with E-state index < -0.39 is 10.9 Å². The molecular formula is C14H14N2O5S. The summed E-state index contributed by atoms with van der Waals surface area (Å²) >= 11 is 1.10. The number of aryl methyl sites for hydroxylation is 1. The second-order valence-electron chi connectivity index (χ2n) is 4.63. The molecule has 8 heteroatoms. The number of hydrogen-bond acceptors (Lipinski definition) is 6. The minimum atomic E-state index is -0.489. The Morgan fingerprint density at radius 1 is 1.36 bits per heavy atom. The lowest BCUT2D eigenvalue weighted by molar-refractivity contribution is -0.384. The van der Waals surface area contributed by atoms with Gasteiger partial charge in [-0.1, -0.05) is 11.3 Å². The van der Waals surface area contributed by atoms with Crippen molar-refractivity contribution in [2.45, 2.75) is 26.5 Å². The van der Waals surface area contributed by atoms with Crippen molar-refractivity contribution in [2.75, 3.05) is 0 Å². The number of nitro groups is 1. The number of ether oxygens (including phenoxy) is 1. The van der Waals surface area contributed by atoms with E-state index in [-0.39, 0.29) is 30.1 Å². The number of rotatable bonds is 6. The number of hydrogen-bond donors (Lipinski definition) is 0. The summed E-state index contributed by atoms with van der Waals surface area (Å²) in [4.78, 5) is 33.1. The molecule has 0 atom stereocenters. The third kappa shape index (κ3) is 4.01. The second-order valence-corrected chi connectivity index (χ2v) is 5.45. The number of nitrogens with zero attached hydrogens (tertiary/aromatic N) is 2. The number of aromatic nitrogens is 1. The van der Waals surface area contributed by atoms with Gasteiger partial charge >= 0.3 is 10.8 Å². The molecule has 0 bridgehead atoms. The van der Waals surface area contributed by atoms with Crippen LogP contribution < -0.4 is 4.87 Å². The van der Waals surface area contributed by atoms with Crippen LogP contribution in [0.1, 0.15) is 17.7 Å². The van der Waals surface area contributed by atoms with Gasteiger partial charge in [0.05, 0.1) is 11.3 Å². The Bertz CT molecular complexity index is 732. The zero-order valence-electron chi connectivity index (χ0n) is 11.9. The largest absolute Gasteiger partial charge is 0.461 e. The van der Waals surface area contributed by atoms with E-state index in [0.717, 1.165) is 17.0 Å². The SMILES string of the molecule is Cc1csc(=O)n1CCC(=O)OCc1ccc([N+](=O)[O-])cc1. The highest BCUT2D eigenvalue weighted by Crippen LogP contribution is 2.12. The van der Waals surface area contributed by atoms with Gasteiger partial charge in [0.25, 0.3) is 5.69 Å². The van der Waals surface area contributed by atoms with Gasteiger partial charge in [0.2, 0.25) is 0 Å². The zero-order valence-corrected chi connectivity index (χ0v) is 12.7. The fourth-order valence-electron chi connectivity index (χ4n) is 1.83. The predicted molar refractivity (Wildman–Crippen MR) is 80.8 cm³/mol. The molecule has 116 valence electrons. The lowest BCUT2D eigenvalue weighted by Gasteiger charge is -2.06. The van der Waals surface area contributed by atoms with Crippen LogP contribution in [0.15, 0.2) is 34.4 Å². The third-order valence-corrected chi connectivity index (χ3v) is 3.94. The van der Waals surface area contributed by atoms with Crippen LogP contribution in [0.4, 0.5) is 5.69 Å². The van der Waals surface area contributed by atoms with Crippen LogP contribution in [0.25, 0.3) is 0 Å². The fourth-order valence-corrected chi connectivity index (χ4v) is 2.59. The molecule has 0 aliphatic rings. The van der Waals surface area contributed by atoms with E-state index in [1.165, 1.54) is 16.7 Å². The molecule has 0 saturated heterocycles. The molecule has 0 N–H and O–H groups in total. The minimum Gasteiger partial charge on any atom is -0.461 e. The van der Waals surface area contributed by atoms with E-state index in [4.69, 9.17) is 4.74 Å². The van der Waals surface area contributed by atoms with Gasteiger partial charge < -0.3 is 9.30 Å². The Labute approximate surface area is 129 Å². The van der Waals surface area contributed by atoms with Gasteiger partial charge in [0.1, 0.15) is 6.61 Å². The number of benzene rings is 1. The van der Waals surface area contributed by atoms with Gasteiger partial charge in [0, 0.05) is 29.8 Å². The molecule has 0 radical (unpaired) electrons. The first-order valence-corrected chi connectivity index (χ1v) is 7.39. The van der Waals surface area contributed by atoms with Crippen molar-refractivity contribution in [2.24, 2.45) is 0 Å². The Hall–Kier alpha value is -2.48. The van der Waals surface area contributed by atoms with Crippen molar-refractivity contribution >= 4 is 23.0 Å². The summed E-state index contributed by atoms with van der Waals surface area (Å²) in [7, 11) is 0. The molecule has 0 aliphatic carbocycles. The molecule has 0 unspecified atom stereocenters. The Morgan fingerprint density at radius 2 is 2.05 bits per heavy atom. The molecule has 0 spiro atoms. The monoisotopic (exact) mass is 322 g/mol. The quantitative estimate of drug-likeness (QED) is 0.462. The second kappa shape index (κ2) is 6.99. The average Bonchev–Trinajstić information content (AvgIpc) is 2.82. The zero-order chi connectivity index (χ0) is 16.1. The van der Waals surface area contributed by atoms with Crippen molar-refractivity contribution in [1.29, 1.82) is 0 Å². The van der Waals surface area contributed by atoms with Gasteiger partial charge in [-0.15, -0.1) is 0 Å². The van der Waals surface area contributed by atoms with E-state index >= 15 is 0 Å². The number of esters is 1. The van der Waals surface area contributed by atoms with E-state index in [0.29, 0.717) is 5.56 Å². The molecule has 0 saturated carbocycles. The van der Waals surface area contributed by atoms with Gasteiger partial charge in [-0.2, -0.15) is 0 Å². The van der Waals surface area contributed by atoms with Gasteiger partial charge in [0.15, 0.2) is 0 Å². The topological polar surface area (TPSA) is 91.4 Å². The third-order valence-electron chi connectivity index (χ3n) is 3.06. The number of carbonyl (C=O) groups excluding carboxylic acids is 1. The number of non-ortho nitro benzene ring substituents is 1. The normalized spacial score (nSPS) is 10.4. The Balaban J connectivity index is 1.83. The molecule has 7 nitrogen and oxygen atoms in total. The summed E-state index contributed by atoms with van der Waals surface area (Å²) in [6.07, 6.45) is 0.102. The van der Waals surface area contributed by atoms with Crippen LogP contribution in [-0.2, 0) is 22.7 Å². The molecule has 22 heavy (non-hydrogen) atoms. The standard InChI is InChI=1S/C14H14N2O5S/c1-10-9-22-14(18)15(10)7-6-13(17)21-8-11-2-4-12(5-3-11)16(19)20/h2-5,9H,6-8H2,1H3. The van der Waals surface area contributed by atoms with Gasteiger partial charge in [-0.25, -0.2) is 0 Å². The molecule has 2 aromatic rings. The van der Waals surface area contributed by atoms with Crippen LogP contribution >= 0.6 is 11.3 Å². The maximum atomic E-state index is 11.7. The number of carbonyl (C=O) groups is 1. The first-order chi connectivity index (χ1) is 10.5. The fraction of sp³-hybridized carbons (Fsp3) is 0.286. The summed E-state index contributed by atoms with van der Waals surface area (Å²) in [5.74, 6) is -0.421. The van der Waals surface area contributed by atoms with E-state index in [9.17, 15) is 19.7 Å². The number of nitro benzene ring substituents is 1. The minimum absolute atomic E-state index is 0.0117. The van der Waals surface area contributed by atoms with Crippen LogP contribution in [-0.4, -0.2) is 15.5 Å². The smallest absolute Gasteiger partial charge is 0.307 e. The maximum absolute atomic E-state index is 11.7. The predicted octanol–water partition coefficient (Wildman–Crippen LogP) is 2.26. The molecule has 0 amide bonds. The lowest BCUT2D eigenvalue weighted by atomic mass is 10.2. The molecule has 1 aromatic carbocycles. The molecule has 0 aliphatic heterocycles. The molecule has 1 aromatic heterocycles.